The molecule has 0 aliphatic carbocycles. The van der Waals surface area contributed by atoms with Crippen molar-refractivity contribution in [3.63, 3.8) is 0 Å². The van der Waals surface area contributed by atoms with Crippen LogP contribution in [0.25, 0.3) is 0 Å². The summed E-state index contributed by atoms with van der Waals surface area (Å²) >= 11 is 0. The summed E-state index contributed by atoms with van der Waals surface area (Å²) in [6, 6.07) is 7.60. The maximum absolute atomic E-state index is 13.1. The van der Waals surface area contributed by atoms with Crippen molar-refractivity contribution in [1.82, 2.24) is 29.5 Å². The molecular weight excluding hydrogens is 415 g/mol. The zero-order valence-corrected chi connectivity index (χ0v) is 18.2. The fraction of sp³-hybridized carbons (Fsp3) is 0.364. The Morgan fingerprint density at radius 2 is 1.94 bits per heavy atom. The van der Waals surface area contributed by atoms with E-state index in [1.54, 1.807) is 16.8 Å². The minimum absolute atomic E-state index is 0.105. The average Bonchev–Trinajstić information content (AvgIpc) is 3.16. The molecule has 0 fully saturated rings. The minimum Gasteiger partial charge on any atom is -0.501 e. The van der Waals surface area contributed by atoms with Gasteiger partial charge in [-0.25, -0.2) is 9.37 Å². The van der Waals surface area contributed by atoms with Crippen LogP contribution in [0.1, 0.15) is 41.4 Å². The average molecular weight is 440 g/mol. The van der Waals surface area contributed by atoms with E-state index >= 15 is 0 Å². The van der Waals surface area contributed by atoms with Crippen LogP contribution in [0.3, 0.4) is 0 Å². The fourth-order valence-corrected chi connectivity index (χ4v) is 3.91. The summed E-state index contributed by atoms with van der Waals surface area (Å²) in [4.78, 5) is 32.1. The Morgan fingerprint density at radius 1 is 1.22 bits per heavy atom. The molecule has 0 atom stereocenters. The summed E-state index contributed by atoms with van der Waals surface area (Å²) in [5.41, 5.74) is -0.0962. The third-order valence-electron chi connectivity index (χ3n) is 5.78. The summed E-state index contributed by atoms with van der Waals surface area (Å²) in [7, 11) is 1.85. The normalized spacial score (nSPS) is 15.4. The van der Waals surface area contributed by atoms with Gasteiger partial charge in [0.25, 0.3) is 11.5 Å². The van der Waals surface area contributed by atoms with E-state index in [2.05, 4.69) is 20.3 Å². The first kappa shape index (κ1) is 21.7. The van der Waals surface area contributed by atoms with E-state index in [-0.39, 0.29) is 18.1 Å². The van der Waals surface area contributed by atoms with Crippen LogP contribution in [-0.4, -0.2) is 41.8 Å². The van der Waals surface area contributed by atoms with E-state index in [9.17, 15) is 19.1 Å². The molecule has 0 radical (unpaired) electrons. The fourth-order valence-electron chi connectivity index (χ4n) is 3.91. The molecule has 0 bridgehead atoms. The highest BCUT2D eigenvalue weighted by molar-refractivity contribution is 5.94. The van der Waals surface area contributed by atoms with Crippen LogP contribution >= 0.6 is 0 Å². The first-order valence-electron chi connectivity index (χ1n) is 10.3. The molecule has 1 aromatic carbocycles. The third kappa shape index (κ3) is 4.01. The van der Waals surface area contributed by atoms with Crippen LogP contribution in [0.2, 0.25) is 0 Å². The molecule has 0 saturated carbocycles. The van der Waals surface area contributed by atoms with Crippen LogP contribution in [0.5, 0.6) is 5.75 Å². The number of benzene rings is 1. The number of aromatic hydroxyl groups is 1. The lowest BCUT2D eigenvalue weighted by atomic mass is 9.97. The van der Waals surface area contributed by atoms with E-state index < -0.39 is 22.8 Å². The number of amides is 1. The van der Waals surface area contributed by atoms with Gasteiger partial charge in [-0.2, -0.15) is 5.10 Å². The van der Waals surface area contributed by atoms with Gasteiger partial charge in [-0.15, -0.1) is 0 Å². The van der Waals surface area contributed by atoms with Crippen molar-refractivity contribution in [2.75, 3.05) is 6.54 Å². The summed E-state index contributed by atoms with van der Waals surface area (Å²) in [6.45, 7) is 5.40. The number of aryl methyl sites for hydroxylation is 1. The topological polar surface area (TPSA) is 105 Å². The van der Waals surface area contributed by atoms with Gasteiger partial charge in [0, 0.05) is 39.4 Å². The lowest BCUT2D eigenvalue weighted by molar-refractivity contribution is 0.0635. The molecular formula is C22H25FN6O3. The maximum Gasteiger partial charge on any atom is 0.296 e. The zero-order chi connectivity index (χ0) is 23.0. The second kappa shape index (κ2) is 8.19. The van der Waals surface area contributed by atoms with Gasteiger partial charge in [0.05, 0.1) is 11.2 Å². The van der Waals surface area contributed by atoms with Crippen molar-refractivity contribution in [3.8, 4) is 5.75 Å². The number of carbonyl (C=O) groups is 1. The van der Waals surface area contributed by atoms with Gasteiger partial charge in [0.15, 0.2) is 5.69 Å². The molecule has 4 rings (SSSR count). The van der Waals surface area contributed by atoms with Gasteiger partial charge in [-0.05, 0) is 37.6 Å². The molecule has 9 nitrogen and oxygen atoms in total. The monoisotopic (exact) mass is 440 g/mol. The van der Waals surface area contributed by atoms with Gasteiger partial charge in [0.1, 0.15) is 11.6 Å². The molecule has 0 spiro atoms. The molecule has 1 amide bonds. The zero-order valence-electron chi connectivity index (χ0n) is 18.2. The summed E-state index contributed by atoms with van der Waals surface area (Å²) < 4.78 is 16.2. The number of hydrogen-bond acceptors (Lipinski definition) is 6. The van der Waals surface area contributed by atoms with Crippen molar-refractivity contribution >= 4 is 5.91 Å². The number of carbonyl (C=O) groups excluding carboxylic acids is 1. The highest BCUT2D eigenvalue weighted by Gasteiger charge is 2.39. The lowest BCUT2D eigenvalue weighted by Crippen LogP contribution is -2.52. The van der Waals surface area contributed by atoms with Crippen molar-refractivity contribution in [3.05, 3.63) is 75.5 Å². The maximum atomic E-state index is 13.1. The summed E-state index contributed by atoms with van der Waals surface area (Å²) in [5.74, 6) is -1.33. The number of fused-ring (bicyclic) bond motifs is 1. The smallest absolute Gasteiger partial charge is 0.296 e. The number of nitrogens with one attached hydrogen (secondary N) is 1. The van der Waals surface area contributed by atoms with E-state index in [1.807, 2.05) is 33.2 Å². The van der Waals surface area contributed by atoms with Crippen LogP contribution in [0.15, 0.2) is 41.3 Å². The minimum atomic E-state index is -0.686. The van der Waals surface area contributed by atoms with E-state index in [1.165, 1.54) is 16.7 Å². The molecule has 10 heteroatoms. The van der Waals surface area contributed by atoms with Gasteiger partial charge in [0.2, 0.25) is 5.75 Å². The predicted octanol–water partition coefficient (Wildman–Crippen LogP) is 1.50. The van der Waals surface area contributed by atoms with Gasteiger partial charge < -0.3 is 10.4 Å². The Bertz CT molecular complexity index is 1220. The second-order valence-corrected chi connectivity index (χ2v) is 8.36. The van der Waals surface area contributed by atoms with Crippen molar-refractivity contribution in [1.29, 1.82) is 0 Å². The van der Waals surface area contributed by atoms with Gasteiger partial charge in [-0.1, -0.05) is 12.1 Å². The molecule has 168 valence electrons. The Balaban J connectivity index is 1.61. The van der Waals surface area contributed by atoms with Crippen molar-refractivity contribution in [2.24, 2.45) is 7.05 Å². The number of nitrogens with zero attached hydrogens (tertiary/aromatic N) is 5. The molecule has 1 aliphatic rings. The Labute approximate surface area is 184 Å². The molecule has 2 aromatic heterocycles. The quantitative estimate of drug-likeness (QED) is 0.623. The number of halogens is 1. The van der Waals surface area contributed by atoms with E-state index in [4.69, 9.17) is 0 Å². The molecule has 0 saturated heterocycles. The first-order valence-corrected chi connectivity index (χ1v) is 10.3. The molecule has 32 heavy (non-hydrogen) atoms. The van der Waals surface area contributed by atoms with Crippen molar-refractivity contribution < 1.29 is 14.3 Å². The Morgan fingerprint density at radius 3 is 2.59 bits per heavy atom. The number of aromatic nitrogens is 4. The standard InChI is InChI=1S/C22H25FN6O3/c1-22(2)21-25-17(19(31)24-12-14-4-6-15(23)7-5-14)18(30)20(32)29(21)11-10-28(22)13-16-8-9-27(3)26-16/h4-9,30H,10-13H2,1-3H3,(H,24,31). The first-order chi connectivity index (χ1) is 15.2. The lowest BCUT2D eigenvalue weighted by Gasteiger charge is -2.42. The van der Waals surface area contributed by atoms with Crippen LogP contribution in [0, 0.1) is 5.82 Å². The van der Waals surface area contributed by atoms with E-state index in [0.717, 1.165) is 5.69 Å². The predicted molar refractivity (Wildman–Crippen MR) is 114 cm³/mol. The molecule has 3 heterocycles. The Hall–Kier alpha value is -3.53. The van der Waals surface area contributed by atoms with Crippen LogP contribution in [-0.2, 0) is 32.2 Å². The SMILES string of the molecule is Cn1ccc(CN2CCn3c(nc(C(=O)NCc4ccc(F)cc4)c(O)c3=O)C2(C)C)n1. The molecule has 0 unspecified atom stereocenters. The molecule has 1 aliphatic heterocycles. The van der Waals surface area contributed by atoms with Crippen LogP contribution < -0.4 is 10.9 Å². The third-order valence-corrected chi connectivity index (χ3v) is 5.78. The van der Waals surface area contributed by atoms with Crippen molar-refractivity contribution in [2.45, 2.75) is 39.0 Å². The number of rotatable bonds is 5. The van der Waals surface area contributed by atoms with E-state index in [0.29, 0.717) is 31.0 Å². The molecule has 3 aromatic rings. The highest BCUT2D eigenvalue weighted by atomic mass is 19.1. The largest absolute Gasteiger partial charge is 0.501 e. The Kier molecular flexibility index (Phi) is 5.55. The number of hydrogen-bond donors (Lipinski definition) is 2. The van der Waals surface area contributed by atoms with Gasteiger partial charge >= 0.3 is 0 Å². The summed E-state index contributed by atoms with van der Waals surface area (Å²) in [5, 5.41) is 17.5. The second-order valence-electron chi connectivity index (χ2n) is 8.36. The molecule has 2 N–H and O–H groups in total. The summed E-state index contributed by atoms with van der Waals surface area (Å²) in [6.07, 6.45) is 1.87. The van der Waals surface area contributed by atoms with Gasteiger partial charge in [-0.3, -0.25) is 23.7 Å². The van der Waals surface area contributed by atoms with Crippen LogP contribution in [0.4, 0.5) is 4.39 Å². The highest BCUT2D eigenvalue weighted by Crippen LogP contribution is 2.31.